The highest BCUT2D eigenvalue weighted by atomic mass is 16.6. The Bertz CT molecular complexity index is 2080. The number of nitrogen functional groups attached to an aromatic ring is 2. The molecule has 0 aromatic heterocycles. The summed E-state index contributed by atoms with van der Waals surface area (Å²) in [6.45, 7) is 6.55. The Balaban J connectivity index is 0. The minimum atomic E-state index is -1.47. The number of alkyl carbamates (subject to hydrolysis) is 2. The minimum Gasteiger partial charge on any atom is -0.480 e. The van der Waals surface area contributed by atoms with Crippen molar-refractivity contribution in [1.29, 1.82) is 0 Å². The summed E-state index contributed by atoms with van der Waals surface area (Å²) in [4.78, 5) is 93.8. The van der Waals surface area contributed by atoms with Crippen LogP contribution in [0.15, 0.2) is 103 Å². The second-order valence-electron chi connectivity index (χ2n) is 11.6. The van der Waals surface area contributed by atoms with Crippen molar-refractivity contribution in [3.63, 3.8) is 0 Å². The molecule has 0 saturated heterocycles. The lowest BCUT2D eigenvalue weighted by Gasteiger charge is -2.14. The van der Waals surface area contributed by atoms with E-state index in [4.69, 9.17) is 38.1 Å². The van der Waals surface area contributed by atoms with Crippen LogP contribution in [-0.4, -0.2) is 103 Å². The molecule has 0 aliphatic carbocycles. The molecule has 3 atom stereocenters. The zero-order valence-corrected chi connectivity index (χ0v) is 31.8. The topological polar surface area (TPSA) is 367 Å². The number of azide groups is 1. The van der Waals surface area contributed by atoms with E-state index in [1.54, 1.807) is 48.5 Å². The van der Waals surface area contributed by atoms with Crippen molar-refractivity contribution in [3.8, 4) is 0 Å². The Morgan fingerprint density at radius 3 is 1.38 bits per heavy atom. The summed E-state index contributed by atoms with van der Waals surface area (Å²) in [5.41, 5.74) is 26.2. The number of hydrogen-bond acceptors (Lipinski definition) is 14. The fourth-order valence-corrected chi connectivity index (χ4v) is 4.37. The summed E-state index contributed by atoms with van der Waals surface area (Å²) in [5.74, 6) is -5.36. The van der Waals surface area contributed by atoms with Crippen LogP contribution in [0.1, 0.15) is 57.8 Å². The largest absolute Gasteiger partial charge is 0.480 e. The number of Topliss-reactive ketones (excluding diaryl/α,β-unsaturated/α-hetero) is 3. The highest BCUT2D eigenvalue weighted by Gasteiger charge is 2.26. The van der Waals surface area contributed by atoms with Crippen LogP contribution in [0.2, 0.25) is 0 Å². The lowest BCUT2D eigenvalue weighted by molar-refractivity contribution is -0.140. The number of nitrogens with one attached hydrogen (secondary N) is 2. The van der Waals surface area contributed by atoms with Crippen LogP contribution in [-0.2, 0) is 23.9 Å². The van der Waals surface area contributed by atoms with Gasteiger partial charge in [-0.3, -0.25) is 19.2 Å². The fraction of sp³-hybridized carbons (Fsp3) is 0.231. The lowest BCUT2D eigenvalue weighted by atomic mass is 10.0. The number of nitrogens with two attached hydrogens (primary N) is 3. The van der Waals surface area contributed by atoms with Gasteiger partial charge >= 0.3 is 30.1 Å². The van der Waals surface area contributed by atoms with Crippen LogP contribution in [0, 0.1) is 0 Å². The van der Waals surface area contributed by atoms with Crippen molar-refractivity contribution < 1.29 is 63.1 Å². The van der Waals surface area contributed by atoms with Crippen molar-refractivity contribution in [1.82, 2.24) is 10.6 Å². The van der Waals surface area contributed by atoms with Crippen LogP contribution >= 0.6 is 0 Å². The number of rotatable bonds is 19. The molecular weight excluding hydrogens is 799 g/mol. The Hall–Kier alpha value is -7.97. The van der Waals surface area contributed by atoms with E-state index < -0.39 is 72.6 Å². The standard InChI is InChI=1S/C14H14N4O5.C14H16N2O5.C10H12N2O3.CH4.B/c1-2-7-23-14(22)16-11(13(20)21)8-12(19)9-5-3-4-6-10(9)17-18-15;1-2-7-21-14(20)16-11(13(18)19)8-12(17)9-5-3-4-6-10(9)15;11-7-4-2-1-3-6(7)9(13)5-8(12)10(14)15;;/h2-6,11H,1,7-8H2,(H,16,22)(H,20,21);2-6,11H,1,7-8,15H2,(H,16,20)(H,18,19);1-4,8H,5,11-12H2,(H,14,15);1H4;. The molecule has 3 aromatic rings. The molecule has 3 radical (unpaired) electrons. The monoisotopic (exact) mass is 845 g/mol. The third-order valence-electron chi connectivity index (χ3n) is 7.23. The maximum absolute atomic E-state index is 12.2. The van der Waals surface area contributed by atoms with E-state index in [0.29, 0.717) is 11.3 Å². The van der Waals surface area contributed by atoms with Crippen LogP contribution in [0.5, 0.6) is 0 Å². The van der Waals surface area contributed by atoms with Crippen LogP contribution in [0.25, 0.3) is 10.4 Å². The molecule has 0 aliphatic rings. The maximum Gasteiger partial charge on any atom is 0.408 e. The predicted molar refractivity (Wildman–Crippen MR) is 224 cm³/mol. The van der Waals surface area contributed by atoms with Gasteiger partial charge < -0.3 is 52.6 Å². The van der Waals surface area contributed by atoms with Gasteiger partial charge in [-0.1, -0.05) is 86.4 Å². The fourth-order valence-electron chi connectivity index (χ4n) is 4.37. The summed E-state index contributed by atoms with van der Waals surface area (Å²) in [6, 6.07) is 14.7. The number of hydrogen-bond donors (Lipinski definition) is 8. The number of amides is 2. The molecular formula is C39H46BN8O13. The van der Waals surface area contributed by atoms with Crippen LogP contribution in [0.3, 0.4) is 0 Å². The molecule has 3 rings (SSSR count). The van der Waals surface area contributed by atoms with Gasteiger partial charge in [-0.15, -0.1) is 0 Å². The molecule has 0 aliphatic heterocycles. The number of ketones is 3. The molecule has 0 bridgehead atoms. The van der Waals surface area contributed by atoms with Gasteiger partial charge in [0.15, 0.2) is 17.3 Å². The van der Waals surface area contributed by atoms with Crippen molar-refractivity contribution in [2.45, 2.75) is 44.8 Å². The smallest absolute Gasteiger partial charge is 0.408 e. The number of nitrogens with zero attached hydrogens (tertiary/aromatic N) is 3. The van der Waals surface area contributed by atoms with E-state index in [9.17, 15) is 38.4 Å². The van der Waals surface area contributed by atoms with E-state index in [1.165, 1.54) is 36.4 Å². The average molecular weight is 846 g/mol. The quantitative estimate of drug-likeness (QED) is 0.0159. The Morgan fingerprint density at radius 1 is 0.656 bits per heavy atom. The molecule has 0 fully saturated rings. The molecule has 22 heteroatoms. The molecule has 323 valence electrons. The second-order valence-corrected chi connectivity index (χ2v) is 11.6. The summed E-state index contributed by atoms with van der Waals surface area (Å²) < 4.78 is 9.23. The molecule has 2 amide bonds. The van der Waals surface area contributed by atoms with Crippen molar-refractivity contribution in [3.05, 3.63) is 125 Å². The predicted octanol–water partition coefficient (Wildman–Crippen LogP) is 4.28. The lowest BCUT2D eigenvalue weighted by Crippen LogP contribution is -2.42. The van der Waals surface area contributed by atoms with E-state index in [0.717, 1.165) is 0 Å². The van der Waals surface area contributed by atoms with E-state index in [2.05, 4.69) is 43.3 Å². The zero-order chi connectivity index (χ0) is 44.5. The first-order valence-electron chi connectivity index (χ1n) is 16.9. The Morgan fingerprint density at radius 2 is 1.02 bits per heavy atom. The summed E-state index contributed by atoms with van der Waals surface area (Å²) in [6.07, 6.45) is -0.446. The first-order chi connectivity index (χ1) is 28.0. The summed E-state index contributed by atoms with van der Waals surface area (Å²) >= 11 is 0. The Labute approximate surface area is 351 Å². The van der Waals surface area contributed by atoms with Crippen molar-refractivity contribution in [2.75, 3.05) is 24.7 Å². The van der Waals surface area contributed by atoms with Gasteiger partial charge in [0.25, 0.3) is 0 Å². The molecule has 3 unspecified atom stereocenters. The average Bonchev–Trinajstić information content (AvgIpc) is 3.19. The Kier molecular flexibility index (Phi) is 26.5. The van der Waals surface area contributed by atoms with Gasteiger partial charge in [-0.2, -0.15) is 0 Å². The minimum absolute atomic E-state index is 0. The summed E-state index contributed by atoms with van der Waals surface area (Å²) in [7, 11) is 0. The van der Waals surface area contributed by atoms with Gasteiger partial charge in [-0.05, 0) is 29.8 Å². The maximum atomic E-state index is 12.2. The van der Waals surface area contributed by atoms with E-state index in [1.807, 2.05) is 0 Å². The van der Waals surface area contributed by atoms with E-state index in [-0.39, 0.29) is 63.8 Å². The second kappa shape index (κ2) is 29.3. The number of aliphatic carboxylic acids is 3. The van der Waals surface area contributed by atoms with Crippen molar-refractivity contribution >= 4 is 72.9 Å². The van der Waals surface area contributed by atoms with Gasteiger partial charge in [0.2, 0.25) is 0 Å². The number of carbonyl (C=O) groups excluding carboxylic acids is 5. The third-order valence-corrected chi connectivity index (χ3v) is 7.23. The normalized spacial score (nSPS) is 10.9. The van der Waals surface area contributed by atoms with Crippen LogP contribution < -0.4 is 27.8 Å². The number of para-hydroxylation sites is 2. The zero-order valence-electron chi connectivity index (χ0n) is 31.8. The molecule has 3 aromatic carbocycles. The number of benzene rings is 3. The number of ether oxygens (including phenoxy) is 2. The van der Waals surface area contributed by atoms with Gasteiger partial charge in [-0.25, -0.2) is 19.2 Å². The SMILES string of the molecule is C.C=CCOC(=O)NC(CC(=O)c1ccccc1N)C(=O)O.C=CCOC(=O)NC(CC(=O)c1ccccc1N=[N+]=[N-])C(=O)O.Nc1ccccc1C(=O)CC(N)C(=O)O.[B]. The number of carboxylic acids is 3. The molecule has 0 heterocycles. The molecule has 11 N–H and O–H groups in total. The highest BCUT2D eigenvalue weighted by Crippen LogP contribution is 2.21. The van der Waals surface area contributed by atoms with Crippen molar-refractivity contribution in [2.24, 2.45) is 10.8 Å². The number of carboxylic acid groups (broad SMARTS) is 3. The molecule has 0 spiro atoms. The number of carbonyl (C=O) groups is 8. The van der Waals surface area contributed by atoms with E-state index >= 15 is 0 Å². The van der Waals surface area contributed by atoms with Gasteiger partial charge in [0, 0.05) is 66.3 Å². The molecule has 0 saturated carbocycles. The van der Waals surface area contributed by atoms with Crippen LogP contribution in [0.4, 0.5) is 26.7 Å². The van der Waals surface area contributed by atoms with Gasteiger partial charge in [0.05, 0.1) is 0 Å². The molecule has 61 heavy (non-hydrogen) atoms. The van der Waals surface area contributed by atoms with Gasteiger partial charge in [0.1, 0.15) is 31.3 Å². The first-order valence-corrected chi connectivity index (χ1v) is 16.9. The third kappa shape index (κ3) is 20.3. The number of anilines is 2. The first kappa shape index (κ1) is 55.1. The summed E-state index contributed by atoms with van der Waals surface area (Å²) in [5, 5.41) is 34.2. The molecule has 21 nitrogen and oxygen atoms in total. The highest BCUT2D eigenvalue weighted by molar-refractivity contribution is 6.04.